The van der Waals surface area contributed by atoms with E-state index in [-0.39, 0.29) is 6.54 Å². The Bertz CT molecular complexity index is 911. The van der Waals surface area contributed by atoms with Crippen molar-refractivity contribution in [1.82, 2.24) is 4.98 Å². The lowest BCUT2D eigenvalue weighted by Gasteiger charge is -2.17. The summed E-state index contributed by atoms with van der Waals surface area (Å²) in [5.41, 5.74) is 2.39. The van der Waals surface area contributed by atoms with E-state index in [2.05, 4.69) is 20.9 Å². The first-order valence-corrected chi connectivity index (χ1v) is 9.02. The van der Waals surface area contributed by atoms with Gasteiger partial charge in [-0.25, -0.2) is 9.78 Å². The molecule has 7 heteroatoms. The van der Waals surface area contributed by atoms with Gasteiger partial charge >= 0.3 is 11.9 Å². The molecule has 1 heterocycles. The molecule has 0 fully saturated rings. The predicted octanol–water partition coefficient (Wildman–Crippen LogP) is 4.19. The largest absolute Gasteiger partial charge is 0.474 e. The molecule has 0 radical (unpaired) electrons. The smallest absolute Gasteiger partial charge is 0.395 e. The Hall–Kier alpha value is -2.51. The lowest BCUT2D eigenvalue weighted by Crippen LogP contribution is -2.36. The average Bonchev–Trinajstić information content (AvgIpc) is 3.10. The summed E-state index contributed by atoms with van der Waals surface area (Å²) in [5, 5.41) is 11.3. The molecule has 2 aromatic carbocycles. The Labute approximate surface area is 156 Å². The number of hydrogen-bond donors (Lipinski definition) is 1. The van der Waals surface area contributed by atoms with Crippen molar-refractivity contribution >= 4 is 44.3 Å². The molecule has 0 bridgehead atoms. The molecule has 0 atom stereocenters. The molecule has 1 aromatic heterocycles. The van der Waals surface area contributed by atoms with Gasteiger partial charge in [0.25, 0.3) is 0 Å². The van der Waals surface area contributed by atoms with Crippen LogP contribution in [0.2, 0.25) is 0 Å². The molecular weight excluding hydrogens is 404 g/mol. The molecule has 0 saturated heterocycles. The molecule has 3 aromatic rings. The maximum absolute atomic E-state index is 12.1. The fraction of sp³-hybridized carbons (Fsp3) is 0.0556. The highest BCUT2D eigenvalue weighted by Gasteiger charge is 2.25. The van der Waals surface area contributed by atoms with E-state index in [1.807, 2.05) is 60.0 Å². The first kappa shape index (κ1) is 17.3. The monoisotopic (exact) mass is 416 g/mol. The Morgan fingerprint density at radius 3 is 2.44 bits per heavy atom. The summed E-state index contributed by atoms with van der Waals surface area (Å²) in [5.74, 6) is -2.51. The van der Waals surface area contributed by atoms with Crippen molar-refractivity contribution in [1.29, 1.82) is 0 Å². The molecule has 0 aliphatic rings. The minimum absolute atomic E-state index is 0.148. The molecule has 0 unspecified atom stereocenters. The number of halogens is 1. The number of hydrogen-bond acceptors (Lipinski definition) is 4. The van der Waals surface area contributed by atoms with Gasteiger partial charge in [-0.15, -0.1) is 11.3 Å². The minimum atomic E-state index is -1.51. The molecule has 3 rings (SSSR count). The van der Waals surface area contributed by atoms with E-state index >= 15 is 0 Å². The number of carboxylic acid groups (broad SMARTS) is 1. The van der Waals surface area contributed by atoms with Gasteiger partial charge in [-0.3, -0.25) is 9.69 Å². The van der Waals surface area contributed by atoms with Gasteiger partial charge in [0.1, 0.15) is 0 Å². The van der Waals surface area contributed by atoms with E-state index in [4.69, 9.17) is 5.11 Å². The fourth-order valence-corrected chi connectivity index (χ4v) is 3.60. The van der Waals surface area contributed by atoms with Gasteiger partial charge in [-0.2, -0.15) is 0 Å². The van der Waals surface area contributed by atoms with Gasteiger partial charge < -0.3 is 5.11 Å². The van der Waals surface area contributed by atoms with E-state index in [0.29, 0.717) is 10.8 Å². The Kier molecular flexibility index (Phi) is 5.25. The number of aliphatic carboxylic acids is 1. The quantitative estimate of drug-likeness (QED) is 0.647. The summed E-state index contributed by atoms with van der Waals surface area (Å²) >= 11 is 4.71. The highest BCUT2D eigenvalue weighted by Crippen LogP contribution is 2.32. The van der Waals surface area contributed by atoms with E-state index in [1.165, 1.54) is 16.2 Å². The first-order valence-electron chi connectivity index (χ1n) is 7.35. The third kappa shape index (κ3) is 3.94. The van der Waals surface area contributed by atoms with Gasteiger partial charge in [0.15, 0.2) is 5.13 Å². The number of carbonyl (C=O) groups excluding carboxylic acids is 1. The van der Waals surface area contributed by atoms with Crippen molar-refractivity contribution in [2.45, 2.75) is 6.54 Å². The second-order valence-electron chi connectivity index (χ2n) is 5.18. The van der Waals surface area contributed by atoms with Gasteiger partial charge in [0.05, 0.1) is 12.2 Å². The van der Waals surface area contributed by atoms with Crippen molar-refractivity contribution in [2.75, 3.05) is 4.90 Å². The summed E-state index contributed by atoms with van der Waals surface area (Å²) in [6.45, 7) is 0.148. The number of thiazole rings is 1. The number of anilines is 1. The van der Waals surface area contributed by atoms with E-state index in [9.17, 15) is 9.59 Å². The maximum atomic E-state index is 12.1. The van der Waals surface area contributed by atoms with E-state index in [0.717, 1.165) is 15.6 Å². The van der Waals surface area contributed by atoms with Crippen molar-refractivity contribution in [2.24, 2.45) is 0 Å². The van der Waals surface area contributed by atoms with E-state index in [1.54, 1.807) is 0 Å². The second kappa shape index (κ2) is 7.58. The van der Waals surface area contributed by atoms with Crippen molar-refractivity contribution in [3.05, 3.63) is 70.0 Å². The van der Waals surface area contributed by atoms with Crippen LogP contribution in [-0.2, 0) is 16.1 Å². The number of aromatic nitrogens is 1. The lowest BCUT2D eigenvalue weighted by atomic mass is 10.2. The van der Waals surface area contributed by atoms with Crippen LogP contribution in [0.25, 0.3) is 11.3 Å². The first-order chi connectivity index (χ1) is 12.1. The van der Waals surface area contributed by atoms with Crippen LogP contribution in [0.15, 0.2) is 64.5 Å². The van der Waals surface area contributed by atoms with Crippen LogP contribution in [0.4, 0.5) is 5.13 Å². The number of amides is 1. The van der Waals surface area contributed by atoms with Crippen molar-refractivity contribution < 1.29 is 14.7 Å². The SMILES string of the molecule is O=C(O)C(=O)N(Cc1ccccc1)c1nc(-c2ccccc2Br)cs1. The minimum Gasteiger partial charge on any atom is -0.474 e. The molecule has 0 aliphatic heterocycles. The van der Waals surface area contributed by atoms with E-state index < -0.39 is 11.9 Å². The third-order valence-corrected chi connectivity index (χ3v) is 5.04. The van der Waals surface area contributed by atoms with Crippen LogP contribution >= 0.6 is 27.3 Å². The molecule has 25 heavy (non-hydrogen) atoms. The zero-order chi connectivity index (χ0) is 17.8. The molecule has 5 nitrogen and oxygen atoms in total. The topological polar surface area (TPSA) is 70.5 Å². The number of nitrogens with zero attached hydrogens (tertiary/aromatic N) is 2. The van der Waals surface area contributed by atoms with Crippen molar-refractivity contribution in [3.63, 3.8) is 0 Å². The number of carboxylic acids is 1. The highest BCUT2D eigenvalue weighted by atomic mass is 79.9. The molecule has 1 N–H and O–H groups in total. The van der Waals surface area contributed by atoms with Crippen LogP contribution in [0.3, 0.4) is 0 Å². The van der Waals surface area contributed by atoms with Gasteiger partial charge in [-0.1, -0.05) is 64.5 Å². The highest BCUT2D eigenvalue weighted by molar-refractivity contribution is 9.10. The Balaban J connectivity index is 1.95. The zero-order valence-electron chi connectivity index (χ0n) is 12.9. The number of carbonyl (C=O) groups is 2. The molecule has 126 valence electrons. The standard InChI is InChI=1S/C18H13BrN2O3S/c19-14-9-5-4-8-13(14)15-11-25-18(20-15)21(16(22)17(23)24)10-12-6-2-1-3-7-12/h1-9,11H,10H2,(H,23,24). The number of benzene rings is 2. The fourth-order valence-electron chi connectivity index (χ4n) is 2.29. The summed E-state index contributed by atoms with van der Waals surface area (Å²) < 4.78 is 0.881. The predicted molar refractivity (Wildman–Crippen MR) is 101 cm³/mol. The van der Waals surface area contributed by atoms with Crippen molar-refractivity contribution in [3.8, 4) is 11.3 Å². The summed E-state index contributed by atoms with van der Waals surface area (Å²) in [7, 11) is 0. The molecule has 0 spiro atoms. The summed E-state index contributed by atoms with van der Waals surface area (Å²) in [4.78, 5) is 29.0. The molecule has 1 amide bonds. The molecular formula is C18H13BrN2O3S. The third-order valence-electron chi connectivity index (χ3n) is 3.48. The van der Waals surface area contributed by atoms with Crippen LogP contribution in [0.5, 0.6) is 0 Å². The van der Waals surface area contributed by atoms with Crippen LogP contribution in [-0.4, -0.2) is 22.0 Å². The Morgan fingerprint density at radius 1 is 1.08 bits per heavy atom. The van der Waals surface area contributed by atoms with Gasteiger partial charge in [-0.05, 0) is 11.6 Å². The summed E-state index contributed by atoms with van der Waals surface area (Å²) in [6, 6.07) is 16.8. The molecule has 0 saturated carbocycles. The molecule has 0 aliphatic carbocycles. The van der Waals surface area contributed by atoms with Crippen LogP contribution < -0.4 is 4.90 Å². The lowest BCUT2D eigenvalue weighted by molar-refractivity contribution is -0.148. The van der Waals surface area contributed by atoms with Crippen LogP contribution in [0.1, 0.15) is 5.56 Å². The second-order valence-corrected chi connectivity index (χ2v) is 6.87. The Morgan fingerprint density at radius 2 is 1.76 bits per heavy atom. The maximum Gasteiger partial charge on any atom is 0.395 e. The van der Waals surface area contributed by atoms with Gasteiger partial charge in [0.2, 0.25) is 0 Å². The summed E-state index contributed by atoms with van der Waals surface area (Å²) in [6.07, 6.45) is 0. The zero-order valence-corrected chi connectivity index (χ0v) is 15.3. The van der Waals surface area contributed by atoms with Crippen LogP contribution in [0, 0.1) is 0 Å². The normalized spacial score (nSPS) is 10.4. The number of rotatable bonds is 4. The van der Waals surface area contributed by atoms with Gasteiger partial charge in [0, 0.05) is 15.4 Å². The average molecular weight is 417 g/mol.